The molecule has 4 rings (SSSR count). The van der Waals surface area contributed by atoms with Crippen LogP contribution in [0.1, 0.15) is 60.9 Å². The highest BCUT2D eigenvalue weighted by atomic mass is 16.5. The third kappa shape index (κ3) is 3.51. The van der Waals surface area contributed by atoms with Crippen LogP contribution in [0.2, 0.25) is 0 Å². The average Bonchev–Trinajstić information content (AvgIpc) is 2.69. The Labute approximate surface area is 166 Å². The number of benzene rings is 1. The largest absolute Gasteiger partial charge is 0.491 e. The number of aromatic nitrogens is 1. The first-order valence-corrected chi connectivity index (χ1v) is 10.2. The Morgan fingerprint density at radius 1 is 1.18 bits per heavy atom. The highest BCUT2D eigenvalue weighted by Gasteiger charge is 2.45. The Kier molecular flexibility index (Phi) is 5.36. The SMILES string of the molecule is COc1cccnc1O[C@]1(C(=O)c2ccccc2C2CCC2)CC[C@@H](C)NC1. The fourth-order valence-electron chi connectivity index (χ4n) is 4.12. The van der Waals surface area contributed by atoms with Crippen molar-refractivity contribution in [2.24, 2.45) is 0 Å². The fraction of sp³-hybridized carbons (Fsp3) is 0.478. The summed E-state index contributed by atoms with van der Waals surface area (Å²) in [7, 11) is 1.59. The fourth-order valence-corrected chi connectivity index (χ4v) is 4.12. The summed E-state index contributed by atoms with van der Waals surface area (Å²) in [5.74, 6) is 1.44. The van der Waals surface area contributed by atoms with Crippen molar-refractivity contribution in [3.63, 3.8) is 0 Å². The minimum atomic E-state index is -0.978. The maximum absolute atomic E-state index is 13.9. The molecule has 1 N–H and O–H groups in total. The van der Waals surface area contributed by atoms with Crippen LogP contribution in [0.4, 0.5) is 0 Å². The second kappa shape index (κ2) is 7.92. The van der Waals surface area contributed by atoms with E-state index in [-0.39, 0.29) is 5.78 Å². The molecule has 0 bridgehead atoms. The second-order valence-corrected chi connectivity index (χ2v) is 7.97. The molecule has 2 aromatic rings. The zero-order valence-electron chi connectivity index (χ0n) is 16.6. The van der Waals surface area contributed by atoms with E-state index in [0.29, 0.717) is 36.6 Å². The summed E-state index contributed by atoms with van der Waals surface area (Å²) in [4.78, 5) is 18.2. The van der Waals surface area contributed by atoms with Crippen LogP contribution in [0, 0.1) is 0 Å². The van der Waals surface area contributed by atoms with Crippen molar-refractivity contribution in [2.45, 2.75) is 56.6 Å². The summed E-state index contributed by atoms with van der Waals surface area (Å²) in [5, 5.41) is 3.44. The van der Waals surface area contributed by atoms with Crippen LogP contribution >= 0.6 is 0 Å². The van der Waals surface area contributed by atoms with E-state index in [1.54, 1.807) is 19.4 Å². The number of nitrogens with zero attached hydrogens (tertiary/aromatic N) is 1. The monoisotopic (exact) mass is 380 g/mol. The number of carbonyl (C=O) groups is 1. The van der Waals surface area contributed by atoms with Crippen LogP contribution in [0.15, 0.2) is 42.6 Å². The van der Waals surface area contributed by atoms with Crippen molar-refractivity contribution in [3.8, 4) is 11.6 Å². The van der Waals surface area contributed by atoms with Gasteiger partial charge in [0.15, 0.2) is 11.4 Å². The van der Waals surface area contributed by atoms with Crippen LogP contribution in [-0.4, -0.2) is 36.1 Å². The first kappa shape index (κ1) is 18.9. The van der Waals surface area contributed by atoms with E-state index in [9.17, 15) is 4.79 Å². The number of methoxy groups -OCH3 is 1. The summed E-state index contributed by atoms with van der Waals surface area (Å²) >= 11 is 0. The normalized spacial score (nSPS) is 25.0. The van der Waals surface area contributed by atoms with E-state index >= 15 is 0 Å². The van der Waals surface area contributed by atoms with Gasteiger partial charge in [-0.25, -0.2) is 4.98 Å². The molecule has 1 saturated carbocycles. The molecule has 0 amide bonds. The lowest BCUT2D eigenvalue weighted by Gasteiger charge is -2.39. The molecule has 0 spiro atoms. The summed E-state index contributed by atoms with van der Waals surface area (Å²) in [6.45, 7) is 2.60. The van der Waals surface area contributed by atoms with Crippen LogP contribution < -0.4 is 14.8 Å². The number of carbonyl (C=O) groups excluding carboxylic acids is 1. The predicted molar refractivity (Wildman–Crippen MR) is 108 cm³/mol. The van der Waals surface area contributed by atoms with E-state index in [0.717, 1.165) is 30.4 Å². The Morgan fingerprint density at radius 3 is 2.68 bits per heavy atom. The van der Waals surface area contributed by atoms with Gasteiger partial charge in [-0.05, 0) is 56.2 Å². The lowest BCUT2D eigenvalue weighted by Crippen LogP contribution is -2.58. The molecule has 2 heterocycles. The molecule has 5 heteroatoms. The average molecular weight is 380 g/mol. The number of ether oxygens (including phenoxy) is 2. The van der Waals surface area contributed by atoms with E-state index in [1.807, 2.05) is 24.3 Å². The standard InChI is InChI=1S/C23H28N2O3/c1-16-12-13-23(15-25-16,28-22-20(27-2)11-6-14-24-22)21(26)19-10-4-3-9-18(19)17-7-5-8-17/h3-4,6,9-11,14,16-17,25H,5,7-8,12-13,15H2,1-2H3/t16-,23-/m1/s1. The first-order chi connectivity index (χ1) is 13.6. The lowest BCUT2D eigenvalue weighted by molar-refractivity contribution is 0.0249. The van der Waals surface area contributed by atoms with Crippen molar-refractivity contribution in [2.75, 3.05) is 13.7 Å². The van der Waals surface area contributed by atoms with Gasteiger partial charge in [-0.15, -0.1) is 0 Å². The minimum absolute atomic E-state index is 0.0436. The number of piperidine rings is 1. The molecule has 1 aromatic heterocycles. The van der Waals surface area contributed by atoms with Gasteiger partial charge in [-0.3, -0.25) is 4.79 Å². The summed E-state index contributed by atoms with van der Waals surface area (Å²) < 4.78 is 11.8. The molecule has 5 nitrogen and oxygen atoms in total. The van der Waals surface area contributed by atoms with E-state index in [4.69, 9.17) is 9.47 Å². The second-order valence-electron chi connectivity index (χ2n) is 7.97. The van der Waals surface area contributed by atoms with Crippen LogP contribution in [0.5, 0.6) is 11.6 Å². The van der Waals surface area contributed by atoms with Crippen LogP contribution in [0.25, 0.3) is 0 Å². The molecule has 1 aliphatic carbocycles. The molecule has 0 radical (unpaired) electrons. The first-order valence-electron chi connectivity index (χ1n) is 10.2. The smallest absolute Gasteiger partial charge is 0.258 e. The van der Waals surface area contributed by atoms with Gasteiger partial charge in [-0.2, -0.15) is 0 Å². The van der Waals surface area contributed by atoms with Crippen LogP contribution in [-0.2, 0) is 0 Å². The number of rotatable bonds is 6. The molecular formula is C23H28N2O3. The summed E-state index contributed by atoms with van der Waals surface area (Å²) in [6.07, 6.45) is 6.73. The van der Waals surface area contributed by atoms with Crippen molar-refractivity contribution in [1.82, 2.24) is 10.3 Å². The third-order valence-electron chi connectivity index (χ3n) is 6.13. The number of pyridine rings is 1. The lowest BCUT2D eigenvalue weighted by atomic mass is 9.75. The van der Waals surface area contributed by atoms with Crippen molar-refractivity contribution in [3.05, 3.63) is 53.7 Å². The Morgan fingerprint density at radius 2 is 2.00 bits per heavy atom. The predicted octanol–water partition coefficient (Wildman–Crippen LogP) is 4.13. The summed E-state index contributed by atoms with van der Waals surface area (Å²) in [5.41, 5.74) is 0.973. The maximum Gasteiger partial charge on any atom is 0.258 e. The third-order valence-corrected chi connectivity index (χ3v) is 6.13. The number of hydrogen-bond acceptors (Lipinski definition) is 5. The van der Waals surface area contributed by atoms with Crippen molar-refractivity contribution < 1.29 is 14.3 Å². The molecule has 28 heavy (non-hydrogen) atoms. The van der Waals surface area contributed by atoms with Gasteiger partial charge < -0.3 is 14.8 Å². The van der Waals surface area contributed by atoms with Gasteiger partial charge in [-0.1, -0.05) is 30.7 Å². The van der Waals surface area contributed by atoms with Gasteiger partial charge in [0.25, 0.3) is 5.88 Å². The van der Waals surface area contributed by atoms with E-state index in [2.05, 4.69) is 23.3 Å². The highest BCUT2D eigenvalue weighted by molar-refractivity contribution is 6.04. The number of ketones is 1. The molecule has 1 saturated heterocycles. The van der Waals surface area contributed by atoms with Gasteiger partial charge in [0.05, 0.1) is 7.11 Å². The number of Topliss-reactive ketones (excluding diaryl/α,β-unsaturated/α-hetero) is 1. The summed E-state index contributed by atoms with van der Waals surface area (Å²) in [6, 6.07) is 12.0. The molecule has 2 fully saturated rings. The molecule has 2 atom stereocenters. The maximum atomic E-state index is 13.9. The van der Waals surface area contributed by atoms with Gasteiger partial charge >= 0.3 is 0 Å². The Balaban J connectivity index is 1.71. The van der Waals surface area contributed by atoms with E-state index in [1.165, 1.54) is 6.42 Å². The van der Waals surface area contributed by atoms with Gasteiger partial charge in [0, 0.05) is 24.3 Å². The molecular weight excluding hydrogens is 352 g/mol. The molecule has 2 aliphatic rings. The van der Waals surface area contributed by atoms with Crippen molar-refractivity contribution >= 4 is 5.78 Å². The molecule has 1 aliphatic heterocycles. The Hall–Kier alpha value is -2.40. The molecule has 1 aromatic carbocycles. The van der Waals surface area contributed by atoms with Crippen LogP contribution in [0.3, 0.4) is 0 Å². The van der Waals surface area contributed by atoms with Gasteiger partial charge in [0.1, 0.15) is 0 Å². The van der Waals surface area contributed by atoms with Gasteiger partial charge in [0.2, 0.25) is 5.78 Å². The molecule has 148 valence electrons. The minimum Gasteiger partial charge on any atom is -0.491 e. The number of nitrogens with one attached hydrogen (secondary N) is 1. The number of hydrogen-bond donors (Lipinski definition) is 1. The topological polar surface area (TPSA) is 60.5 Å². The molecule has 0 unspecified atom stereocenters. The van der Waals surface area contributed by atoms with E-state index < -0.39 is 5.60 Å². The Bertz CT molecular complexity index is 839. The quantitative estimate of drug-likeness (QED) is 0.764. The zero-order valence-corrected chi connectivity index (χ0v) is 16.6. The zero-order chi connectivity index (χ0) is 19.6. The van der Waals surface area contributed by atoms with Crippen molar-refractivity contribution in [1.29, 1.82) is 0 Å². The highest BCUT2D eigenvalue weighted by Crippen LogP contribution is 2.40.